The lowest BCUT2D eigenvalue weighted by Crippen LogP contribution is -2.51. The monoisotopic (exact) mass is 397 g/mol. The van der Waals surface area contributed by atoms with Crippen LogP contribution in [0.3, 0.4) is 0 Å². The van der Waals surface area contributed by atoms with Crippen LogP contribution in [0.1, 0.15) is 10.9 Å². The van der Waals surface area contributed by atoms with Crippen LogP contribution in [0.25, 0.3) is 0 Å². The first-order chi connectivity index (χ1) is 12.0. The van der Waals surface area contributed by atoms with Gasteiger partial charge in [-0.2, -0.15) is 0 Å². The van der Waals surface area contributed by atoms with Gasteiger partial charge in [0.1, 0.15) is 15.4 Å². The van der Waals surface area contributed by atoms with Crippen LogP contribution in [0.2, 0.25) is 5.02 Å². The maximum Gasteiger partial charge on any atom is 0.272 e. The standard InChI is InChI=1S/C17H17Cl2N3O2S/c1-2-13(23)21-7-9-22(10-8-21)17(24)14-15(19)25-16(20-14)11-5-3-4-6-12(11)18/h2-6,16,20H,1,7-10H2. The molecule has 0 aliphatic carbocycles. The van der Waals surface area contributed by atoms with Crippen LogP contribution in [-0.4, -0.2) is 47.8 Å². The fourth-order valence-electron chi connectivity index (χ4n) is 2.77. The third kappa shape index (κ3) is 3.81. The molecular formula is C17H17Cl2N3O2S. The molecule has 2 aliphatic rings. The number of benzene rings is 1. The molecule has 25 heavy (non-hydrogen) atoms. The van der Waals surface area contributed by atoms with Crippen LogP contribution >= 0.6 is 35.0 Å². The number of nitrogens with zero attached hydrogens (tertiary/aromatic N) is 2. The van der Waals surface area contributed by atoms with Crippen molar-refractivity contribution >= 4 is 46.8 Å². The molecule has 0 bridgehead atoms. The highest BCUT2D eigenvalue weighted by molar-refractivity contribution is 8.05. The van der Waals surface area contributed by atoms with Gasteiger partial charge in [0.15, 0.2) is 0 Å². The summed E-state index contributed by atoms with van der Waals surface area (Å²) in [6.45, 7) is 5.40. The molecule has 5 nitrogen and oxygen atoms in total. The van der Waals surface area contributed by atoms with Gasteiger partial charge in [-0.15, -0.1) is 0 Å². The first-order valence-corrected chi connectivity index (χ1v) is 9.43. The van der Waals surface area contributed by atoms with E-state index in [1.807, 2.05) is 24.3 Å². The quantitative estimate of drug-likeness (QED) is 0.796. The topological polar surface area (TPSA) is 52.7 Å². The lowest BCUT2D eigenvalue weighted by Gasteiger charge is -2.34. The molecule has 132 valence electrons. The molecule has 2 aliphatic heterocycles. The lowest BCUT2D eigenvalue weighted by atomic mass is 10.2. The van der Waals surface area contributed by atoms with Gasteiger partial charge in [0.25, 0.3) is 5.91 Å². The molecule has 1 unspecified atom stereocenters. The molecule has 1 saturated heterocycles. The fraction of sp³-hybridized carbons (Fsp3) is 0.294. The van der Waals surface area contributed by atoms with Crippen molar-refractivity contribution in [1.82, 2.24) is 15.1 Å². The number of hydrogen-bond acceptors (Lipinski definition) is 4. The Morgan fingerprint density at radius 3 is 2.44 bits per heavy atom. The average Bonchev–Trinajstić information content (AvgIpc) is 3.02. The largest absolute Gasteiger partial charge is 0.363 e. The zero-order chi connectivity index (χ0) is 18.0. The van der Waals surface area contributed by atoms with E-state index in [-0.39, 0.29) is 17.2 Å². The molecule has 1 aromatic rings. The Hall–Kier alpha value is -1.63. The van der Waals surface area contributed by atoms with Crippen molar-refractivity contribution in [2.24, 2.45) is 0 Å². The van der Waals surface area contributed by atoms with Crippen molar-refractivity contribution < 1.29 is 9.59 Å². The third-order valence-corrected chi connectivity index (χ3v) is 5.97. The SMILES string of the molecule is C=CC(=O)N1CCN(C(=O)C2=C(Cl)SC(c3ccccc3Cl)N2)CC1. The Bertz CT molecular complexity index is 745. The Balaban J connectivity index is 1.65. The van der Waals surface area contributed by atoms with Gasteiger partial charge in [-0.25, -0.2) is 0 Å². The average molecular weight is 398 g/mol. The Labute approximate surface area is 160 Å². The summed E-state index contributed by atoms with van der Waals surface area (Å²) in [5, 5.41) is 3.61. The van der Waals surface area contributed by atoms with E-state index in [4.69, 9.17) is 23.2 Å². The molecular weight excluding hydrogens is 381 g/mol. The minimum atomic E-state index is -0.191. The van der Waals surface area contributed by atoms with Crippen molar-refractivity contribution in [1.29, 1.82) is 0 Å². The maximum atomic E-state index is 12.8. The van der Waals surface area contributed by atoms with E-state index in [0.29, 0.717) is 41.3 Å². The van der Waals surface area contributed by atoms with Crippen molar-refractivity contribution in [3.8, 4) is 0 Å². The van der Waals surface area contributed by atoms with Gasteiger partial charge in [0.2, 0.25) is 5.91 Å². The normalized spacial score (nSPS) is 20.5. The highest BCUT2D eigenvalue weighted by Gasteiger charge is 2.33. The zero-order valence-corrected chi connectivity index (χ0v) is 15.7. The van der Waals surface area contributed by atoms with Crippen molar-refractivity contribution in [2.75, 3.05) is 26.2 Å². The van der Waals surface area contributed by atoms with E-state index >= 15 is 0 Å². The van der Waals surface area contributed by atoms with Crippen molar-refractivity contribution in [2.45, 2.75) is 5.37 Å². The number of hydrogen-bond donors (Lipinski definition) is 1. The Morgan fingerprint density at radius 1 is 1.16 bits per heavy atom. The summed E-state index contributed by atoms with van der Waals surface area (Å²) in [5.74, 6) is -0.268. The molecule has 2 amide bonds. The van der Waals surface area contributed by atoms with Gasteiger partial charge in [-0.1, -0.05) is 59.7 Å². The van der Waals surface area contributed by atoms with Crippen LogP contribution in [0.5, 0.6) is 0 Å². The van der Waals surface area contributed by atoms with Gasteiger partial charge >= 0.3 is 0 Å². The molecule has 3 rings (SSSR count). The number of amides is 2. The second kappa shape index (κ2) is 7.72. The first-order valence-electron chi connectivity index (χ1n) is 7.79. The molecule has 1 aromatic carbocycles. The molecule has 0 radical (unpaired) electrons. The van der Waals surface area contributed by atoms with E-state index in [1.54, 1.807) is 9.80 Å². The number of carbonyl (C=O) groups is 2. The molecule has 0 saturated carbocycles. The van der Waals surface area contributed by atoms with E-state index in [2.05, 4.69) is 11.9 Å². The smallest absolute Gasteiger partial charge is 0.272 e. The van der Waals surface area contributed by atoms with E-state index < -0.39 is 0 Å². The summed E-state index contributed by atoms with van der Waals surface area (Å²) in [6, 6.07) is 7.47. The summed E-state index contributed by atoms with van der Waals surface area (Å²) >= 11 is 13.9. The van der Waals surface area contributed by atoms with Crippen LogP contribution < -0.4 is 5.32 Å². The molecule has 2 heterocycles. The lowest BCUT2D eigenvalue weighted by molar-refractivity contribution is -0.134. The highest BCUT2D eigenvalue weighted by atomic mass is 35.5. The van der Waals surface area contributed by atoms with Crippen LogP contribution in [0, 0.1) is 0 Å². The number of rotatable bonds is 3. The summed E-state index contributed by atoms with van der Waals surface area (Å²) in [7, 11) is 0. The van der Waals surface area contributed by atoms with Crippen molar-refractivity contribution in [3.63, 3.8) is 0 Å². The van der Waals surface area contributed by atoms with Gasteiger partial charge < -0.3 is 15.1 Å². The molecule has 8 heteroatoms. The van der Waals surface area contributed by atoms with Crippen LogP contribution in [-0.2, 0) is 9.59 Å². The molecule has 1 N–H and O–H groups in total. The molecule has 1 fully saturated rings. The van der Waals surface area contributed by atoms with Gasteiger partial charge in [0.05, 0.1) is 0 Å². The number of piperazine rings is 1. The minimum Gasteiger partial charge on any atom is -0.363 e. The molecule has 0 aromatic heterocycles. The maximum absolute atomic E-state index is 12.8. The summed E-state index contributed by atoms with van der Waals surface area (Å²) in [5.41, 5.74) is 1.27. The highest BCUT2D eigenvalue weighted by Crippen LogP contribution is 2.44. The van der Waals surface area contributed by atoms with Crippen LogP contribution in [0.15, 0.2) is 47.0 Å². The Morgan fingerprint density at radius 2 is 1.80 bits per heavy atom. The minimum absolute atomic E-state index is 0.113. The summed E-state index contributed by atoms with van der Waals surface area (Å²) < 4.78 is 0.430. The fourth-order valence-corrected chi connectivity index (χ4v) is 4.46. The number of halogens is 2. The predicted octanol–water partition coefficient (Wildman–Crippen LogP) is 2.94. The molecule has 1 atom stereocenters. The van der Waals surface area contributed by atoms with Gasteiger partial charge in [-0.3, -0.25) is 9.59 Å². The number of carbonyl (C=O) groups excluding carboxylic acids is 2. The van der Waals surface area contributed by atoms with E-state index in [1.165, 1.54) is 17.8 Å². The Kier molecular flexibility index (Phi) is 5.61. The zero-order valence-electron chi connectivity index (χ0n) is 13.4. The first kappa shape index (κ1) is 18.2. The summed E-state index contributed by atoms with van der Waals surface area (Å²) in [6.07, 6.45) is 1.29. The third-order valence-electron chi connectivity index (χ3n) is 4.15. The molecule has 0 spiro atoms. The van der Waals surface area contributed by atoms with Crippen molar-refractivity contribution in [3.05, 3.63) is 57.6 Å². The number of thioether (sulfide) groups is 1. The van der Waals surface area contributed by atoms with Gasteiger partial charge in [-0.05, 0) is 12.1 Å². The second-order valence-corrected chi connectivity index (χ2v) is 7.76. The van der Waals surface area contributed by atoms with E-state index in [0.717, 1.165) is 5.56 Å². The predicted molar refractivity (Wildman–Crippen MR) is 101 cm³/mol. The van der Waals surface area contributed by atoms with Gasteiger partial charge in [0, 0.05) is 36.8 Å². The summed E-state index contributed by atoms with van der Waals surface area (Å²) in [4.78, 5) is 27.8. The van der Waals surface area contributed by atoms with E-state index in [9.17, 15) is 9.59 Å². The van der Waals surface area contributed by atoms with Crippen LogP contribution in [0.4, 0.5) is 0 Å². The number of nitrogens with one attached hydrogen (secondary N) is 1. The second-order valence-electron chi connectivity index (χ2n) is 5.63.